The third-order valence-electron chi connectivity index (χ3n) is 5.29. The number of imidazole rings is 1. The zero-order valence-corrected chi connectivity index (χ0v) is 15.9. The van der Waals surface area contributed by atoms with Crippen LogP contribution in [0.2, 0.25) is 0 Å². The van der Waals surface area contributed by atoms with Crippen LogP contribution in [0.1, 0.15) is 38.1 Å². The van der Waals surface area contributed by atoms with Gasteiger partial charge in [-0.1, -0.05) is 26.0 Å². The summed E-state index contributed by atoms with van der Waals surface area (Å²) in [6, 6.07) is 8.11. The van der Waals surface area contributed by atoms with E-state index in [0.29, 0.717) is 12.5 Å². The van der Waals surface area contributed by atoms with Gasteiger partial charge in [0.05, 0.1) is 6.54 Å². The molecule has 2 heterocycles. The normalized spacial score (nSPS) is 15.9. The quantitative estimate of drug-likeness (QED) is 0.829. The number of aryl methyl sites for hydroxylation is 2. The van der Waals surface area contributed by atoms with Crippen molar-refractivity contribution in [3.63, 3.8) is 0 Å². The summed E-state index contributed by atoms with van der Waals surface area (Å²) < 4.78 is 2.28. The molecule has 0 bridgehead atoms. The summed E-state index contributed by atoms with van der Waals surface area (Å²) in [6.45, 7) is 7.79. The molecule has 2 aromatic rings. The number of benzene rings is 1. The molecular weight excluding hydrogens is 324 g/mol. The van der Waals surface area contributed by atoms with E-state index in [0.717, 1.165) is 51.0 Å². The van der Waals surface area contributed by atoms with Crippen LogP contribution in [-0.4, -0.2) is 40.0 Å². The number of aromatic nitrogens is 2. The SMILES string of the molecule is CCc1ccc(NC(=O)CN2CCC(Cn3ccnc3CC)CC2)cc1. The molecule has 0 atom stereocenters. The van der Waals surface area contributed by atoms with Crippen molar-refractivity contribution >= 4 is 11.6 Å². The summed E-state index contributed by atoms with van der Waals surface area (Å²) in [5.74, 6) is 1.92. The second kappa shape index (κ2) is 8.99. The zero-order valence-electron chi connectivity index (χ0n) is 15.9. The highest BCUT2D eigenvalue weighted by atomic mass is 16.2. The van der Waals surface area contributed by atoms with Crippen molar-refractivity contribution in [1.82, 2.24) is 14.5 Å². The Balaban J connectivity index is 1.42. The number of piperidine rings is 1. The summed E-state index contributed by atoms with van der Waals surface area (Å²) in [6.07, 6.45) is 8.25. The predicted octanol–water partition coefficient (Wildman–Crippen LogP) is 3.36. The Morgan fingerprint density at radius 2 is 1.88 bits per heavy atom. The van der Waals surface area contributed by atoms with Crippen LogP contribution in [0.3, 0.4) is 0 Å². The minimum atomic E-state index is 0.0792. The largest absolute Gasteiger partial charge is 0.335 e. The number of likely N-dealkylation sites (tertiary alicyclic amines) is 1. The van der Waals surface area contributed by atoms with E-state index in [2.05, 4.69) is 51.9 Å². The van der Waals surface area contributed by atoms with Gasteiger partial charge in [-0.15, -0.1) is 0 Å². The molecule has 1 N–H and O–H groups in total. The van der Waals surface area contributed by atoms with E-state index < -0.39 is 0 Å². The molecule has 26 heavy (non-hydrogen) atoms. The maximum Gasteiger partial charge on any atom is 0.238 e. The van der Waals surface area contributed by atoms with Crippen molar-refractivity contribution < 1.29 is 4.79 Å². The molecule has 1 aliphatic rings. The molecular formula is C21H30N4O. The Kier molecular flexibility index (Phi) is 6.45. The number of hydrogen-bond donors (Lipinski definition) is 1. The number of amides is 1. The van der Waals surface area contributed by atoms with Gasteiger partial charge in [-0.05, 0) is 56.0 Å². The fourth-order valence-corrected chi connectivity index (χ4v) is 3.65. The minimum absolute atomic E-state index is 0.0792. The second-order valence-electron chi connectivity index (χ2n) is 7.17. The number of nitrogens with zero attached hydrogens (tertiary/aromatic N) is 3. The van der Waals surface area contributed by atoms with Gasteiger partial charge in [-0.25, -0.2) is 4.98 Å². The van der Waals surface area contributed by atoms with E-state index >= 15 is 0 Å². The molecule has 1 aromatic heterocycles. The number of hydrogen-bond acceptors (Lipinski definition) is 3. The number of rotatable bonds is 7. The molecule has 1 saturated heterocycles. The first kappa shape index (κ1) is 18.6. The Morgan fingerprint density at radius 1 is 1.15 bits per heavy atom. The maximum absolute atomic E-state index is 12.3. The monoisotopic (exact) mass is 354 g/mol. The number of carbonyl (C=O) groups is 1. The molecule has 5 heteroatoms. The van der Waals surface area contributed by atoms with Crippen LogP contribution in [0.15, 0.2) is 36.7 Å². The first-order valence-corrected chi connectivity index (χ1v) is 9.79. The second-order valence-corrected chi connectivity index (χ2v) is 7.17. The topological polar surface area (TPSA) is 50.2 Å². The number of anilines is 1. The average molecular weight is 354 g/mol. The van der Waals surface area contributed by atoms with Crippen LogP contribution in [0, 0.1) is 5.92 Å². The van der Waals surface area contributed by atoms with Crippen LogP contribution in [0.25, 0.3) is 0 Å². The van der Waals surface area contributed by atoms with E-state index in [-0.39, 0.29) is 5.91 Å². The molecule has 1 aromatic carbocycles. The zero-order chi connectivity index (χ0) is 18.4. The molecule has 5 nitrogen and oxygen atoms in total. The highest BCUT2D eigenvalue weighted by molar-refractivity contribution is 5.92. The Morgan fingerprint density at radius 3 is 2.54 bits per heavy atom. The van der Waals surface area contributed by atoms with Crippen LogP contribution in [0.4, 0.5) is 5.69 Å². The fourth-order valence-electron chi connectivity index (χ4n) is 3.65. The molecule has 0 unspecified atom stereocenters. The van der Waals surface area contributed by atoms with Gasteiger partial charge in [0.25, 0.3) is 0 Å². The molecule has 1 fully saturated rings. The van der Waals surface area contributed by atoms with Crippen molar-refractivity contribution in [1.29, 1.82) is 0 Å². The lowest BCUT2D eigenvalue weighted by Gasteiger charge is -2.31. The lowest BCUT2D eigenvalue weighted by molar-refractivity contribution is -0.117. The van der Waals surface area contributed by atoms with Crippen molar-refractivity contribution in [2.45, 2.75) is 46.1 Å². The summed E-state index contributed by atoms with van der Waals surface area (Å²) in [4.78, 5) is 19.0. The molecule has 1 aliphatic heterocycles. The Labute approximate surface area is 156 Å². The predicted molar refractivity (Wildman–Crippen MR) is 105 cm³/mol. The van der Waals surface area contributed by atoms with Crippen LogP contribution in [-0.2, 0) is 24.2 Å². The third kappa shape index (κ3) is 4.94. The van der Waals surface area contributed by atoms with Crippen LogP contribution >= 0.6 is 0 Å². The van der Waals surface area contributed by atoms with Crippen molar-refractivity contribution in [2.75, 3.05) is 25.0 Å². The van der Waals surface area contributed by atoms with Gasteiger partial charge >= 0.3 is 0 Å². The minimum Gasteiger partial charge on any atom is -0.335 e. The fraction of sp³-hybridized carbons (Fsp3) is 0.524. The van der Waals surface area contributed by atoms with E-state index in [1.807, 2.05) is 18.3 Å². The third-order valence-corrected chi connectivity index (χ3v) is 5.29. The molecule has 140 valence electrons. The molecule has 0 spiro atoms. The molecule has 0 radical (unpaired) electrons. The van der Waals surface area contributed by atoms with E-state index in [1.165, 1.54) is 11.4 Å². The average Bonchev–Trinajstić information content (AvgIpc) is 3.11. The number of nitrogens with one attached hydrogen (secondary N) is 1. The summed E-state index contributed by atoms with van der Waals surface area (Å²) in [5, 5.41) is 3.01. The van der Waals surface area contributed by atoms with Crippen molar-refractivity contribution in [3.8, 4) is 0 Å². The lowest BCUT2D eigenvalue weighted by atomic mass is 9.96. The Bertz CT molecular complexity index is 699. The van der Waals surface area contributed by atoms with Gasteiger partial charge in [0.15, 0.2) is 0 Å². The van der Waals surface area contributed by atoms with Crippen LogP contribution < -0.4 is 5.32 Å². The maximum atomic E-state index is 12.3. The Hall–Kier alpha value is -2.14. The van der Waals surface area contributed by atoms with Gasteiger partial charge in [-0.2, -0.15) is 0 Å². The van der Waals surface area contributed by atoms with E-state index in [1.54, 1.807) is 0 Å². The first-order chi connectivity index (χ1) is 12.7. The first-order valence-electron chi connectivity index (χ1n) is 9.79. The summed E-state index contributed by atoms with van der Waals surface area (Å²) >= 11 is 0. The molecule has 1 amide bonds. The van der Waals surface area contributed by atoms with Gasteiger partial charge in [0, 0.05) is 31.0 Å². The van der Waals surface area contributed by atoms with E-state index in [9.17, 15) is 4.79 Å². The standard InChI is InChI=1S/C21H30N4O/c1-3-17-5-7-19(8-6-17)23-21(26)16-24-12-9-18(10-13-24)15-25-14-11-22-20(25)4-2/h5-8,11,14,18H,3-4,9-10,12-13,15-16H2,1-2H3,(H,23,26). The summed E-state index contributed by atoms with van der Waals surface area (Å²) in [7, 11) is 0. The van der Waals surface area contributed by atoms with Gasteiger partial charge in [-0.3, -0.25) is 9.69 Å². The highest BCUT2D eigenvalue weighted by Crippen LogP contribution is 2.20. The number of carbonyl (C=O) groups excluding carboxylic acids is 1. The molecule has 0 aliphatic carbocycles. The molecule has 0 saturated carbocycles. The van der Waals surface area contributed by atoms with Gasteiger partial charge in [0.2, 0.25) is 5.91 Å². The van der Waals surface area contributed by atoms with Crippen LogP contribution in [0.5, 0.6) is 0 Å². The van der Waals surface area contributed by atoms with Crippen molar-refractivity contribution in [3.05, 3.63) is 48.0 Å². The van der Waals surface area contributed by atoms with Gasteiger partial charge in [0.1, 0.15) is 5.82 Å². The van der Waals surface area contributed by atoms with Crippen molar-refractivity contribution in [2.24, 2.45) is 5.92 Å². The molecule has 3 rings (SSSR count). The highest BCUT2D eigenvalue weighted by Gasteiger charge is 2.21. The summed E-state index contributed by atoms with van der Waals surface area (Å²) in [5.41, 5.74) is 2.17. The lowest BCUT2D eigenvalue weighted by Crippen LogP contribution is -2.40. The smallest absolute Gasteiger partial charge is 0.238 e. The van der Waals surface area contributed by atoms with E-state index in [4.69, 9.17) is 0 Å². The van der Waals surface area contributed by atoms with Gasteiger partial charge < -0.3 is 9.88 Å².